The Bertz CT molecular complexity index is 996. The number of fused-ring (bicyclic) bond motifs is 1. The Kier molecular flexibility index (Phi) is 4.94. The van der Waals surface area contributed by atoms with Crippen LogP contribution in [-0.2, 0) is 27.8 Å². The SMILES string of the molecule is Cc1c(Cl)cccc1NS(=O)(=O)c1cc2c(s1)CCN(C(=O)C1CCC1)C2. The fourth-order valence-electron chi connectivity index (χ4n) is 3.45. The molecule has 0 radical (unpaired) electrons. The van der Waals surface area contributed by atoms with Crippen LogP contribution in [0.15, 0.2) is 28.5 Å². The normalized spacial score (nSPS) is 17.3. The summed E-state index contributed by atoms with van der Waals surface area (Å²) in [6.07, 6.45) is 3.80. The molecule has 8 heteroatoms. The Balaban J connectivity index is 1.54. The number of halogens is 1. The maximum atomic E-state index is 12.8. The molecule has 0 atom stereocenters. The quantitative estimate of drug-likeness (QED) is 0.799. The number of hydrogen-bond donors (Lipinski definition) is 1. The van der Waals surface area contributed by atoms with Crippen molar-refractivity contribution in [3.05, 3.63) is 45.3 Å². The smallest absolute Gasteiger partial charge is 0.271 e. The number of carbonyl (C=O) groups excluding carboxylic acids is 1. The van der Waals surface area contributed by atoms with Crippen LogP contribution >= 0.6 is 22.9 Å². The lowest BCUT2D eigenvalue weighted by atomic mass is 9.84. The summed E-state index contributed by atoms with van der Waals surface area (Å²) in [5.74, 6) is 0.385. The lowest BCUT2D eigenvalue weighted by Gasteiger charge is -2.33. The molecule has 0 unspecified atom stereocenters. The summed E-state index contributed by atoms with van der Waals surface area (Å²) in [5, 5.41) is 0.519. The van der Waals surface area contributed by atoms with Crippen molar-refractivity contribution in [2.75, 3.05) is 11.3 Å². The van der Waals surface area contributed by atoms with E-state index in [-0.39, 0.29) is 16.0 Å². The third kappa shape index (κ3) is 3.60. The molecule has 1 aromatic carbocycles. The van der Waals surface area contributed by atoms with Crippen molar-refractivity contribution in [1.29, 1.82) is 0 Å². The second-order valence-corrected chi connectivity index (χ2v) is 10.6. The van der Waals surface area contributed by atoms with Gasteiger partial charge in [-0.15, -0.1) is 11.3 Å². The average Bonchev–Trinajstić information content (AvgIpc) is 3.01. The van der Waals surface area contributed by atoms with E-state index in [1.165, 1.54) is 11.3 Å². The largest absolute Gasteiger partial charge is 0.338 e. The third-order valence-electron chi connectivity index (χ3n) is 5.39. The number of nitrogens with zero attached hydrogens (tertiary/aromatic N) is 1. The molecule has 1 aliphatic carbocycles. The zero-order valence-corrected chi connectivity index (χ0v) is 17.4. The first-order valence-corrected chi connectivity index (χ1v) is 11.7. The number of nitrogens with one attached hydrogen (secondary N) is 1. The first-order valence-electron chi connectivity index (χ1n) is 9.03. The van der Waals surface area contributed by atoms with E-state index in [1.54, 1.807) is 31.2 Å². The van der Waals surface area contributed by atoms with Crippen molar-refractivity contribution >= 4 is 44.6 Å². The van der Waals surface area contributed by atoms with Crippen molar-refractivity contribution in [2.45, 2.75) is 43.4 Å². The molecule has 27 heavy (non-hydrogen) atoms. The summed E-state index contributed by atoms with van der Waals surface area (Å²) in [6, 6.07) is 6.86. The minimum Gasteiger partial charge on any atom is -0.338 e. The van der Waals surface area contributed by atoms with Crippen molar-refractivity contribution in [1.82, 2.24) is 4.90 Å². The standard InChI is InChI=1S/C19H21ClN2O3S2/c1-12-15(20)6-3-7-16(12)21-27(24,25)18-10-14-11-22(9-8-17(14)26-18)19(23)13-4-2-5-13/h3,6-7,10,13,21H,2,4-5,8-9,11H2,1H3. The molecular weight excluding hydrogens is 404 g/mol. The Morgan fingerprint density at radius 1 is 1.33 bits per heavy atom. The first-order chi connectivity index (χ1) is 12.8. The van der Waals surface area contributed by atoms with Crippen LogP contribution in [0.5, 0.6) is 0 Å². The summed E-state index contributed by atoms with van der Waals surface area (Å²) in [7, 11) is -3.69. The Morgan fingerprint density at radius 3 is 2.81 bits per heavy atom. The van der Waals surface area contributed by atoms with Gasteiger partial charge in [-0.2, -0.15) is 0 Å². The number of amides is 1. The second-order valence-electron chi connectivity index (χ2n) is 7.17. The van der Waals surface area contributed by atoms with E-state index in [0.717, 1.165) is 29.7 Å². The Morgan fingerprint density at radius 2 is 2.11 bits per heavy atom. The van der Waals surface area contributed by atoms with Gasteiger partial charge in [-0.05, 0) is 55.5 Å². The van der Waals surface area contributed by atoms with Gasteiger partial charge in [0.25, 0.3) is 10.0 Å². The lowest BCUT2D eigenvalue weighted by molar-refractivity contribution is -0.139. The summed E-state index contributed by atoms with van der Waals surface area (Å²) in [4.78, 5) is 15.4. The van der Waals surface area contributed by atoms with Gasteiger partial charge < -0.3 is 4.90 Å². The van der Waals surface area contributed by atoms with E-state index in [1.807, 2.05) is 4.90 Å². The summed E-state index contributed by atoms with van der Waals surface area (Å²) < 4.78 is 28.6. The molecule has 4 rings (SSSR count). The maximum Gasteiger partial charge on any atom is 0.271 e. The lowest BCUT2D eigenvalue weighted by Crippen LogP contribution is -2.41. The topological polar surface area (TPSA) is 66.5 Å². The molecule has 1 N–H and O–H groups in total. The van der Waals surface area contributed by atoms with Crippen LogP contribution in [0, 0.1) is 12.8 Å². The van der Waals surface area contributed by atoms with Crippen molar-refractivity contribution in [3.8, 4) is 0 Å². The third-order valence-corrected chi connectivity index (χ3v) is 8.87. The summed E-state index contributed by atoms with van der Waals surface area (Å²) >= 11 is 7.38. The molecule has 5 nitrogen and oxygen atoms in total. The zero-order valence-electron chi connectivity index (χ0n) is 15.0. The minimum absolute atomic E-state index is 0.167. The van der Waals surface area contributed by atoms with Gasteiger partial charge in [0.05, 0.1) is 5.69 Å². The van der Waals surface area contributed by atoms with Crippen LogP contribution in [0.25, 0.3) is 0 Å². The van der Waals surface area contributed by atoms with Gasteiger partial charge in [0, 0.05) is 28.9 Å². The monoisotopic (exact) mass is 424 g/mol. The van der Waals surface area contributed by atoms with Gasteiger partial charge in [-0.1, -0.05) is 24.1 Å². The van der Waals surface area contributed by atoms with Gasteiger partial charge in [0.15, 0.2) is 0 Å². The number of sulfonamides is 1. The van der Waals surface area contributed by atoms with E-state index in [2.05, 4.69) is 4.72 Å². The molecule has 1 fully saturated rings. The van der Waals surface area contributed by atoms with E-state index in [9.17, 15) is 13.2 Å². The van der Waals surface area contributed by atoms with Crippen LogP contribution in [0.1, 0.15) is 35.3 Å². The van der Waals surface area contributed by atoms with Crippen molar-refractivity contribution in [2.24, 2.45) is 5.92 Å². The maximum absolute atomic E-state index is 12.8. The molecule has 1 saturated carbocycles. The van der Waals surface area contributed by atoms with Crippen LogP contribution in [-0.4, -0.2) is 25.8 Å². The highest BCUT2D eigenvalue weighted by molar-refractivity contribution is 7.94. The van der Waals surface area contributed by atoms with Crippen molar-refractivity contribution < 1.29 is 13.2 Å². The fourth-order valence-corrected chi connectivity index (χ4v) is 6.29. The molecule has 0 bridgehead atoms. The minimum atomic E-state index is -3.69. The number of hydrogen-bond acceptors (Lipinski definition) is 4. The van der Waals surface area contributed by atoms with E-state index < -0.39 is 10.0 Å². The average molecular weight is 425 g/mol. The molecule has 1 aromatic heterocycles. The highest BCUT2D eigenvalue weighted by Gasteiger charge is 2.32. The molecule has 2 heterocycles. The van der Waals surface area contributed by atoms with E-state index >= 15 is 0 Å². The van der Waals surface area contributed by atoms with Crippen LogP contribution in [0.3, 0.4) is 0 Å². The fraction of sp³-hybridized carbons (Fsp3) is 0.421. The van der Waals surface area contributed by atoms with Crippen molar-refractivity contribution in [3.63, 3.8) is 0 Å². The van der Waals surface area contributed by atoms with Crippen LogP contribution in [0.4, 0.5) is 5.69 Å². The Labute approximate surface area is 168 Å². The van der Waals surface area contributed by atoms with Crippen LogP contribution in [0.2, 0.25) is 5.02 Å². The zero-order chi connectivity index (χ0) is 19.2. The molecule has 2 aromatic rings. The molecule has 2 aliphatic rings. The predicted octanol–water partition coefficient (Wildman–Crippen LogP) is 4.20. The molecule has 0 spiro atoms. The molecule has 1 aliphatic heterocycles. The Hall–Kier alpha value is -1.57. The van der Waals surface area contributed by atoms with Gasteiger partial charge in [0.1, 0.15) is 4.21 Å². The number of carbonyl (C=O) groups is 1. The number of thiophene rings is 1. The van der Waals surface area contributed by atoms with Gasteiger partial charge in [0.2, 0.25) is 5.91 Å². The molecular formula is C19H21ClN2O3S2. The van der Waals surface area contributed by atoms with Gasteiger partial charge >= 0.3 is 0 Å². The first kappa shape index (κ1) is 18.8. The molecule has 1 amide bonds. The second kappa shape index (κ2) is 7.11. The predicted molar refractivity (Wildman–Crippen MR) is 108 cm³/mol. The van der Waals surface area contributed by atoms with E-state index in [0.29, 0.717) is 35.8 Å². The number of anilines is 1. The van der Waals surface area contributed by atoms with E-state index in [4.69, 9.17) is 11.6 Å². The molecule has 0 saturated heterocycles. The number of benzene rings is 1. The highest BCUT2D eigenvalue weighted by Crippen LogP contribution is 2.35. The number of rotatable bonds is 4. The summed E-state index contributed by atoms with van der Waals surface area (Å²) in [6.45, 7) is 2.96. The van der Waals surface area contributed by atoms with Crippen LogP contribution < -0.4 is 4.72 Å². The summed E-state index contributed by atoms with van der Waals surface area (Å²) in [5.41, 5.74) is 2.12. The van der Waals surface area contributed by atoms with Gasteiger partial charge in [-0.3, -0.25) is 9.52 Å². The molecule has 144 valence electrons. The highest BCUT2D eigenvalue weighted by atomic mass is 35.5. The van der Waals surface area contributed by atoms with Gasteiger partial charge in [-0.25, -0.2) is 8.42 Å².